The molecule has 0 aromatic heterocycles. The average molecular weight is 363 g/mol. The molecule has 2 aromatic rings. The van der Waals surface area contributed by atoms with E-state index in [4.69, 9.17) is 9.29 Å². The second kappa shape index (κ2) is 7.45. The number of hydrogen-bond acceptors (Lipinski definition) is 5. The van der Waals surface area contributed by atoms with Crippen molar-refractivity contribution in [3.05, 3.63) is 59.2 Å². The van der Waals surface area contributed by atoms with Crippen molar-refractivity contribution < 1.29 is 27.3 Å². The fourth-order valence-corrected chi connectivity index (χ4v) is 2.95. The number of carboxylic acid groups (broad SMARTS) is 1. The minimum absolute atomic E-state index is 0.0347. The van der Waals surface area contributed by atoms with E-state index in [9.17, 15) is 18.0 Å². The second-order valence-electron chi connectivity index (χ2n) is 5.41. The molecule has 8 heteroatoms. The minimum atomic E-state index is -4.03. The number of hydrogen-bond donors (Lipinski definition) is 2. The van der Waals surface area contributed by atoms with E-state index in [-0.39, 0.29) is 10.5 Å². The quantitative estimate of drug-likeness (QED) is 0.763. The first-order chi connectivity index (χ1) is 11.7. The van der Waals surface area contributed by atoms with E-state index in [1.165, 1.54) is 30.3 Å². The van der Waals surface area contributed by atoms with Gasteiger partial charge in [-0.15, -0.1) is 0 Å². The van der Waals surface area contributed by atoms with Crippen LogP contribution in [0.25, 0.3) is 0 Å². The van der Waals surface area contributed by atoms with Crippen LogP contribution in [-0.4, -0.2) is 32.0 Å². The third-order valence-corrected chi connectivity index (χ3v) is 4.67. The van der Waals surface area contributed by atoms with Crippen molar-refractivity contribution in [1.82, 2.24) is 0 Å². The summed E-state index contributed by atoms with van der Waals surface area (Å²) in [5, 5.41) is 11.4. The molecule has 0 unspecified atom stereocenters. The maximum Gasteiger partial charge on any atom is 0.335 e. The van der Waals surface area contributed by atoms with Crippen LogP contribution in [0.4, 0.5) is 5.69 Å². The van der Waals surface area contributed by atoms with Crippen LogP contribution in [0.2, 0.25) is 0 Å². The van der Waals surface area contributed by atoms with Gasteiger partial charge in [0.2, 0.25) is 0 Å². The minimum Gasteiger partial charge on any atom is -0.478 e. The number of aryl methyl sites for hydroxylation is 2. The summed E-state index contributed by atoms with van der Waals surface area (Å²) in [7, 11) is -4.03. The highest BCUT2D eigenvalue weighted by Crippen LogP contribution is 2.16. The van der Waals surface area contributed by atoms with Gasteiger partial charge in [0.15, 0.2) is 0 Å². The summed E-state index contributed by atoms with van der Waals surface area (Å²) in [6, 6.07) is 10.3. The van der Waals surface area contributed by atoms with E-state index in [1.54, 1.807) is 19.1 Å². The lowest BCUT2D eigenvalue weighted by molar-refractivity contribution is -0.118. The Labute approximate surface area is 145 Å². The van der Waals surface area contributed by atoms with Crippen LogP contribution in [0.3, 0.4) is 0 Å². The summed E-state index contributed by atoms with van der Waals surface area (Å²) >= 11 is 0. The molecule has 7 nitrogen and oxygen atoms in total. The smallest absolute Gasteiger partial charge is 0.335 e. The van der Waals surface area contributed by atoms with Crippen LogP contribution in [0.15, 0.2) is 47.4 Å². The van der Waals surface area contributed by atoms with E-state index in [0.29, 0.717) is 11.3 Å². The SMILES string of the molecule is Cc1ccc(S(=O)(=O)OCC(=O)Nc2ccc(C(=O)O)c(C)c2)cc1. The van der Waals surface area contributed by atoms with Gasteiger partial charge in [0, 0.05) is 5.69 Å². The molecule has 0 fully saturated rings. The fraction of sp³-hybridized carbons (Fsp3) is 0.176. The molecule has 0 saturated heterocycles. The normalized spacial score (nSPS) is 11.1. The van der Waals surface area contributed by atoms with Crippen LogP contribution in [0.1, 0.15) is 21.5 Å². The lowest BCUT2D eigenvalue weighted by atomic mass is 10.1. The predicted molar refractivity (Wildman–Crippen MR) is 91.1 cm³/mol. The highest BCUT2D eigenvalue weighted by Gasteiger charge is 2.17. The monoisotopic (exact) mass is 363 g/mol. The number of carbonyl (C=O) groups is 2. The first-order valence-electron chi connectivity index (χ1n) is 7.29. The van der Waals surface area contributed by atoms with Crippen molar-refractivity contribution in [2.45, 2.75) is 18.7 Å². The molecule has 0 heterocycles. The van der Waals surface area contributed by atoms with Gasteiger partial charge in [-0.3, -0.25) is 8.98 Å². The number of carboxylic acids is 1. The molecule has 0 bridgehead atoms. The largest absolute Gasteiger partial charge is 0.478 e. The maximum absolute atomic E-state index is 12.0. The van der Waals surface area contributed by atoms with Gasteiger partial charge < -0.3 is 10.4 Å². The van der Waals surface area contributed by atoms with Crippen molar-refractivity contribution in [2.24, 2.45) is 0 Å². The molecular formula is C17H17NO6S. The van der Waals surface area contributed by atoms with Crippen LogP contribution in [-0.2, 0) is 19.1 Å². The first kappa shape index (κ1) is 18.6. The molecule has 0 aliphatic carbocycles. The zero-order chi connectivity index (χ0) is 18.6. The van der Waals surface area contributed by atoms with Crippen molar-refractivity contribution in [3.8, 4) is 0 Å². The predicted octanol–water partition coefficient (Wildman–Crippen LogP) is 2.35. The Morgan fingerprint density at radius 2 is 1.72 bits per heavy atom. The zero-order valence-electron chi connectivity index (χ0n) is 13.6. The Bertz CT molecular complexity index is 903. The number of aromatic carboxylic acids is 1. The van der Waals surface area contributed by atoms with Gasteiger partial charge in [-0.05, 0) is 49.7 Å². The van der Waals surface area contributed by atoms with Gasteiger partial charge in [-0.25, -0.2) is 4.79 Å². The molecule has 0 atom stereocenters. The van der Waals surface area contributed by atoms with E-state index in [1.807, 2.05) is 6.92 Å². The molecule has 2 rings (SSSR count). The molecular weight excluding hydrogens is 346 g/mol. The zero-order valence-corrected chi connectivity index (χ0v) is 14.5. The Morgan fingerprint density at radius 1 is 1.08 bits per heavy atom. The Kier molecular flexibility index (Phi) is 5.55. The topological polar surface area (TPSA) is 110 Å². The molecule has 0 aliphatic heterocycles. The number of carbonyl (C=O) groups excluding carboxylic acids is 1. The highest BCUT2D eigenvalue weighted by atomic mass is 32.2. The third kappa shape index (κ3) is 4.88. The Hall–Kier alpha value is -2.71. The van der Waals surface area contributed by atoms with Crippen LogP contribution >= 0.6 is 0 Å². The summed E-state index contributed by atoms with van der Waals surface area (Å²) < 4.78 is 28.8. The maximum atomic E-state index is 12.0. The number of nitrogens with one attached hydrogen (secondary N) is 1. The molecule has 25 heavy (non-hydrogen) atoms. The van der Waals surface area contributed by atoms with Crippen molar-refractivity contribution >= 4 is 27.7 Å². The molecule has 1 amide bonds. The Morgan fingerprint density at radius 3 is 2.28 bits per heavy atom. The van der Waals surface area contributed by atoms with Crippen LogP contribution < -0.4 is 5.32 Å². The molecule has 132 valence electrons. The Balaban J connectivity index is 2.00. The average Bonchev–Trinajstić information content (AvgIpc) is 2.53. The van der Waals surface area contributed by atoms with E-state index in [2.05, 4.69) is 5.32 Å². The van der Waals surface area contributed by atoms with Crippen LogP contribution in [0.5, 0.6) is 0 Å². The molecule has 2 aromatic carbocycles. The summed E-state index contributed by atoms with van der Waals surface area (Å²) in [6.45, 7) is 2.73. The van der Waals surface area contributed by atoms with Gasteiger partial charge in [0.25, 0.3) is 16.0 Å². The van der Waals surface area contributed by atoms with Gasteiger partial charge in [-0.1, -0.05) is 17.7 Å². The molecule has 0 spiro atoms. The number of benzene rings is 2. The highest BCUT2D eigenvalue weighted by molar-refractivity contribution is 7.86. The number of amides is 1. The van der Waals surface area contributed by atoms with Crippen LogP contribution in [0, 0.1) is 13.8 Å². The lowest BCUT2D eigenvalue weighted by Gasteiger charge is -2.09. The summed E-state index contributed by atoms with van der Waals surface area (Å²) in [5.41, 5.74) is 1.84. The summed E-state index contributed by atoms with van der Waals surface area (Å²) in [4.78, 5) is 22.8. The fourth-order valence-electron chi connectivity index (χ4n) is 2.08. The van der Waals surface area contributed by atoms with Gasteiger partial charge in [0.05, 0.1) is 10.5 Å². The molecule has 0 aliphatic rings. The van der Waals surface area contributed by atoms with E-state index < -0.39 is 28.6 Å². The molecule has 2 N–H and O–H groups in total. The second-order valence-corrected chi connectivity index (χ2v) is 7.03. The standard InChI is InChI=1S/C17H17NO6S/c1-11-3-6-14(7-4-11)25(22,23)24-10-16(19)18-13-5-8-15(17(20)21)12(2)9-13/h3-9H,10H2,1-2H3,(H,18,19)(H,20,21). The van der Waals surface area contributed by atoms with Gasteiger partial charge in [-0.2, -0.15) is 8.42 Å². The van der Waals surface area contributed by atoms with Crippen molar-refractivity contribution in [2.75, 3.05) is 11.9 Å². The van der Waals surface area contributed by atoms with Crippen molar-refractivity contribution in [1.29, 1.82) is 0 Å². The molecule has 0 radical (unpaired) electrons. The molecule has 0 saturated carbocycles. The summed E-state index contributed by atoms with van der Waals surface area (Å²) in [6.07, 6.45) is 0. The van der Waals surface area contributed by atoms with Gasteiger partial charge in [0.1, 0.15) is 6.61 Å². The number of anilines is 1. The third-order valence-electron chi connectivity index (χ3n) is 3.40. The summed E-state index contributed by atoms with van der Waals surface area (Å²) in [5.74, 6) is -1.74. The van der Waals surface area contributed by atoms with Gasteiger partial charge >= 0.3 is 5.97 Å². The number of rotatable bonds is 6. The van der Waals surface area contributed by atoms with E-state index >= 15 is 0 Å². The lowest BCUT2D eigenvalue weighted by Crippen LogP contribution is -2.21. The van der Waals surface area contributed by atoms with E-state index in [0.717, 1.165) is 5.56 Å². The van der Waals surface area contributed by atoms with Crippen molar-refractivity contribution in [3.63, 3.8) is 0 Å². The first-order valence-corrected chi connectivity index (χ1v) is 8.70.